The Morgan fingerprint density at radius 3 is 2.60 bits per heavy atom. The zero-order valence-corrected chi connectivity index (χ0v) is 12.7. The van der Waals surface area contributed by atoms with E-state index in [2.05, 4.69) is 50.3 Å². The van der Waals surface area contributed by atoms with Crippen molar-refractivity contribution in [3.8, 4) is 0 Å². The van der Waals surface area contributed by atoms with Gasteiger partial charge in [0.1, 0.15) is 0 Å². The van der Waals surface area contributed by atoms with Crippen molar-refractivity contribution in [3.63, 3.8) is 0 Å². The first kappa shape index (κ1) is 15.1. The zero-order valence-electron chi connectivity index (χ0n) is 9.91. The Balaban J connectivity index is 0.000000980. The molecule has 1 radical (unpaired) electrons. The maximum Gasteiger partial charge on any atom is 0 e. The molecule has 3 heteroatoms. The Hall–Kier alpha value is 0.0588. The van der Waals surface area contributed by atoms with Gasteiger partial charge in [0.05, 0.1) is 0 Å². The number of hydrogen-bond acceptors (Lipinski definition) is 0. The largest absolute Gasteiger partial charge is 0.358 e. The molecule has 0 saturated carbocycles. The third kappa shape index (κ3) is 3.01. The first-order chi connectivity index (χ1) is 6.09. The Kier molecular flexibility index (Phi) is 5.43. The molecule has 15 heavy (non-hydrogen) atoms. The van der Waals surface area contributed by atoms with E-state index in [0.29, 0.717) is 0 Å². The maximum absolute atomic E-state index is 3.26. The van der Waals surface area contributed by atoms with Gasteiger partial charge in [0.15, 0.2) is 0 Å². The number of hydrogen-bond donors (Lipinski definition) is 0. The molecule has 0 aromatic carbocycles. The van der Waals surface area contributed by atoms with Gasteiger partial charge in [-0.25, -0.2) is 0 Å². The van der Waals surface area contributed by atoms with Crippen LogP contribution in [0, 0.1) is 13.5 Å². The van der Waals surface area contributed by atoms with Crippen molar-refractivity contribution in [1.82, 2.24) is 4.57 Å². The summed E-state index contributed by atoms with van der Waals surface area (Å²) in [5.74, 6) is 2.07. The summed E-state index contributed by atoms with van der Waals surface area (Å²) in [4.78, 5) is 0. The summed E-state index contributed by atoms with van der Waals surface area (Å²) >= 11 is 0. The van der Waals surface area contributed by atoms with Crippen molar-refractivity contribution in [2.75, 3.05) is 0 Å². The summed E-state index contributed by atoms with van der Waals surface area (Å²) in [7, 11) is 0. The van der Waals surface area contributed by atoms with Crippen LogP contribution in [-0.4, -0.2) is 11.5 Å². The minimum absolute atomic E-state index is 0. The van der Waals surface area contributed by atoms with Crippen molar-refractivity contribution < 1.29 is 32.7 Å². The molecule has 0 N–H and O–H groups in total. The quantitative estimate of drug-likeness (QED) is 0.651. The molecule has 0 amide bonds. The fraction of sp³-hybridized carbons (Fsp3) is 0.333. The Morgan fingerprint density at radius 1 is 1.33 bits per heavy atom. The molecule has 0 aliphatic rings. The average molecular weight is 274 g/mol. The second-order valence-electron chi connectivity index (χ2n) is 4.33. The predicted octanol–water partition coefficient (Wildman–Crippen LogP) is 2.98. The summed E-state index contributed by atoms with van der Waals surface area (Å²) in [6.45, 7) is 8.74. The predicted molar refractivity (Wildman–Crippen MR) is 63.5 cm³/mol. The molecule has 0 aliphatic carbocycles. The van der Waals surface area contributed by atoms with Crippen molar-refractivity contribution in [3.05, 3.63) is 37.8 Å². The van der Waals surface area contributed by atoms with Crippen molar-refractivity contribution in [2.45, 2.75) is 26.3 Å². The minimum atomic E-state index is 0. The van der Waals surface area contributed by atoms with Crippen LogP contribution in [0.5, 0.6) is 0 Å². The maximum atomic E-state index is 3.26. The van der Waals surface area contributed by atoms with Crippen LogP contribution >= 0.6 is 0 Å². The summed E-state index contributed by atoms with van der Waals surface area (Å²) in [5.41, 5.74) is 1.40. The summed E-state index contributed by atoms with van der Waals surface area (Å²) in [6.07, 6.45) is 2.03. The van der Waals surface area contributed by atoms with Crippen LogP contribution in [0.25, 0.3) is 10.8 Å². The number of aromatic nitrogens is 1. The SMILES string of the molecule is CC(C)(C)n1c[c-]c2cccbc21.[CH3-].[Y]. The van der Waals surface area contributed by atoms with Crippen LogP contribution in [0.2, 0.25) is 0 Å². The van der Waals surface area contributed by atoms with Crippen molar-refractivity contribution >= 4 is 17.7 Å². The van der Waals surface area contributed by atoms with E-state index in [0.717, 1.165) is 0 Å². The molecule has 2 heterocycles. The van der Waals surface area contributed by atoms with Gasteiger partial charge in [-0.3, -0.25) is 0 Å². The molecule has 0 saturated heterocycles. The number of fused-ring (bicyclic) bond motifs is 1. The molecule has 0 unspecified atom stereocenters. The third-order valence-electron chi connectivity index (χ3n) is 2.24. The van der Waals surface area contributed by atoms with Crippen molar-refractivity contribution in [1.29, 1.82) is 0 Å². The Labute approximate surface area is 118 Å². The van der Waals surface area contributed by atoms with E-state index < -0.39 is 0 Å². The van der Waals surface area contributed by atoms with Crippen LogP contribution < -0.4 is 0 Å². The van der Waals surface area contributed by atoms with Crippen LogP contribution in [0.15, 0.2) is 24.3 Å². The van der Waals surface area contributed by atoms with Crippen LogP contribution in [0.1, 0.15) is 20.8 Å². The second kappa shape index (κ2) is 5.41. The van der Waals surface area contributed by atoms with Gasteiger partial charge >= 0.3 is 78.9 Å². The smallest absolute Gasteiger partial charge is 0 e. The molecule has 0 fully saturated rings. The van der Waals surface area contributed by atoms with E-state index in [1.54, 1.807) is 0 Å². The van der Waals surface area contributed by atoms with Gasteiger partial charge in [-0.1, -0.05) is 0 Å². The first-order valence-electron chi connectivity index (χ1n) is 4.57. The number of nitrogens with zero attached hydrogens (tertiary/aromatic N) is 1. The number of rotatable bonds is 0. The van der Waals surface area contributed by atoms with E-state index in [4.69, 9.17) is 0 Å². The van der Waals surface area contributed by atoms with E-state index >= 15 is 0 Å². The minimum Gasteiger partial charge on any atom is -0.358 e. The monoisotopic (exact) mass is 274 g/mol. The van der Waals surface area contributed by atoms with Gasteiger partial charge in [-0.05, 0) is 0 Å². The first-order valence-corrected chi connectivity index (χ1v) is 4.57. The second-order valence-corrected chi connectivity index (χ2v) is 4.33. The fourth-order valence-electron chi connectivity index (χ4n) is 1.56. The molecule has 0 atom stereocenters. The fourth-order valence-corrected chi connectivity index (χ4v) is 1.56. The van der Waals surface area contributed by atoms with Gasteiger partial charge in [0.25, 0.3) is 0 Å². The molecule has 0 bridgehead atoms. The van der Waals surface area contributed by atoms with Crippen molar-refractivity contribution in [2.24, 2.45) is 0 Å². The van der Waals surface area contributed by atoms with Gasteiger partial charge in [0, 0.05) is 32.7 Å². The van der Waals surface area contributed by atoms with Crippen LogP contribution in [0.4, 0.5) is 0 Å². The molecular weight excluding hydrogens is 258 g/mol. The van der Waals surface area contributed by atoms with Crippen LogP contribution in [-0.2, 0) is 38.2 Å². The normalized spacial score (nSPS) is 10.3. The van der Waals surface area contributed by atoms with Gasteiger partial charge < -0.3 is 7.43 Å². The van der Waals surface area contributed by atoms with E-state index in [1.807, 2.05) is 12.3 Å². The Bertz CT molecular complexity index is 428. The molecule has 2 aromatic rings. The summed E-state index contributed by atoms with van der Waals surface area (Å²) < 4.78 is 2.25. The molecular formula is C12H16BNY-2. The van der Waals surface area contributed by atoms with E-state index in [1.165, 1.54) is 10.8 Å². The molecule has 0 spiro atoms. The van der Waals surface area contributed by atoms with E-state index in [-0.39, 0.29) is 45.7 Å². The molecule has 0 aliphatic heterocycles. The molecule has 2 rings (SSSR count). The van der Waals surface area contributed by atoms with Gasteiger partial charge in [-0.15, -0.1) is 0 Å². The topological polar surface area (TPSA) is 4.93 Å². The molecule has 77 valence electrons. The third-order valence-corrected chi connectivity index (χ3v) is 2.24. The average Bonchev–Trinajstić information content (AvgIpc) is 2.45. The van der Waals surface area contributed by atoms with Gasteiger partial charge in [0.2, 0.25) is 0 Å². The Morgan fingerprint density at radius 2 is 2.00 bits per heavy atom. The summed E-state index contributed by atoms with van der Waals surface area (Å²) in [6, 6.07) is 7.40. The molecule has 2 aromatic heterocycles. The van der Waals surface area contributed by atoms with Crippen LogP contribution in [0.3, 0.4) is 0 Å². The van der Waals surface area contributed by atoms with Gasteiger partial charge in [-0.2, -0.15) is 0 Å². The standard InChI is InChI=1S/C11H13BN.CH3.Y/c1-11(2,3)13-8-6-9-5-4-7-12-10(9)13;;/h4-5,7-8H,1-3H3;1H3;/q2*-1;. The zero-order chi connectivity index (χ0) is 9.47. The molecule has 1 nitrogen and oxygen atoms in total. The van der Waals surface area contributed by atoms with E-state index in [9.17, 15) is 0 Å². The summed E-state index contributed by atoms with van der Waals surface area (Å²) in [5, 5.41) is 1.19.